The Morgan fingerprint density at radius 2 is 1.97 bits per heavy atom. The second kappa shape index (κ2) is 7.17. The first kappa shape index (κ1) is 18.7. The number of H-pyrrole nitrogens is 1. The number of nitrogens with zero attached hydrogens (tertiary/aromatic N) is 4. The summed E-state index contributed by atoms with van der Waals surface area (Å²) < 4.78 is 1.49. The highest BCUT2D eigenvalue weighted by atomic mass is 16.1. The number of rotatable bonds is 3. The molecule has 1 aromatic carbocycles. The van der Waals surface area contributed by atoms with Gasteiger partial charge in [0.05, 0.1) is 11.9 Å². The molecule has 2 N–H and O–H groups in total. The normalized spacial score (nSPS) is 11.2. The Hall–Kier alpha value is -4.33. The van der Waals surface area contributed by atoms with Crippen LogP contribution in [0.25, 0.3) is 32.9 Å². The topological polar surface area (TPSA) is 106 Å². The summed E-state index contributed by atoms with van der Waals surface area (Å²) in [4.78, 5) is 33.9. The molecule has 152 valence electrons. The van der Waals surface area contributed by atoms with Crippen LogP contribution in [0.2, 0.25) is 0 Å². The molecule has 1 amide bonds. The average molecular weight is 410 g/mol. The van der Waals surface area contributed by atoms with Gasteiger partial charge in [-0.05, 0) is 42.1 Å². The van der Waals surface area contributed by atoms with Crippen LogP contribution in [0.15, 0.2) is 66.0 Å². The van der Waals surface area contributed by atoms with Crippen molar-refractivity contribution >= 4 is 33.4 Å². The molecule has 31 heavy (non-hydrogen) atoms. The van der Waals surface area contributed by atoms with Crippen molar-refractivity contribution in [2.75, 3.05) is 5.32 Å². The summed E-state index contributed by atoms with van der Waals surface area (Å²) >= 11 is 0. The number of hydrogen-bond acceptors (Lipinski definition) is 5. The molecule has 5 aromatic rings. The SMILES string of the molecule is Cc1ccc(NC(=O)c2ccc3cnccc3c2)nc1-c1cn(C)c(=O)c2[nH]ncc12. The van der Waals surface area contributed by atoms with Crippen molar-refractivity contribution in [2.24, 2.45) is 7.05 Å². The molecule has 5 rings (SSSR count). The molecule has 0 saturated heterocycles. The molecule has 0 bridgehead atoms. The van der Waals surface area contributed by atoms with E-state index in [4.69, 9.17) is 0 Å². The molecule has 0 atom stereocenters. The monoisotopic (exact) mass is 410 g/mol. The van der Waals surface area contributed by atoms with Gasteiger partial charge in [0.25, 0.3) is 11.5 Å². The summed E-state index contributed by atoms with van der Waals surface area (Å²) in [5, 5.41) is 12.2. The number of carbonyl (C=O) groups excluding carboxylic acids is 1. The van der Waals surface area contributed by atoms with E-state index in [1.54, 1.807) is 44.0 Å². The minimum absolute atomic E-state index is 0.162. The van der Waals surface area contributed by atoms with Crippen molar-refractivity contribution in [3.63, 3.8) is 0 Å². The molecule has 0 spiro atoms. The van der Waals surface area contributed by atoms with Crippen molar-refractivity contribution in [3.05, 3.63) is 82.7 Å². The lowest BCUT2D eigenvalue weighted by atomic mass is 10.1. The number of aryl methyl sites for hydroxylation is 2. The van der Waals surface area contributed by atoms with Crippen molar-refractivity contribution in [2.45, 2.75) is 6.92 Å². The second-order valence-corrected chi connectivity index (χ2v) is 7.37. The fourth-order valence-corrected chi connectivity index (χ4v) is 3.62. The number of nitrogens with one attached hydrogen (secondary N) is 2. The zero-order chi connectivity index (χ0) is 21.5. The molecule has 0 aliphatic rings. The second-order valence-electron chi connectivity index (χ2n) is 7.37. The molecule has 0 fully saturated rings. The van der Waals surface area contributed by atoms with E-state index < -0.39 is 0 Å². The lowest BCUT2D eigenvalue weighted by molar-refractivity contribution is 0.102. The van der Waals surface area contributed by atoms with Gasteiger partial charge in [0.1, 0.15) is 11.3 Å². The predicted octanol–water partition coefficient (Wildman–Crippen LogP) is 3.43. The van der Waals surface area contributed by atoms with E-state index in [1.165, 1.54) is 4.57 Å². The lowest BCUT2D eigenvalue weighted by Crippen LogP contribution is -2.17. The van der Waals surface area contributed by atoms with E-state index in [0.29, 0.717) is 28.0 Å². The van der Waals surface area contributed by atoms with Gasteiger partial charge in [-0.3, -0.25) is 19.7 Å². The smallest absolute Gasteiger partial charge is 0.276 e. The standard InChI is InChI=1S/C23H18N6O2/c1-13-3-6-19(27-22(30)15-4-5-16-10-24-8-7-14(16)9-15)26-20(13)18-12-29(2)23(31)21-17(18)11-25-28-21/h3-12H,1-2H3,(H,25,28)(H,26,27,30). The molecule has 8 heteroatoms. The predicted molar refractivity (Wildman–Crippen MR) is 119 cm³/mol. The Morgan fingerprint density at radius 3 is 2.84 bits per heavy atom. The van der Waals surface area contributed by atoms with Gasteiger partial charge in [0.15, 0.2) is 0 Å². The molecule has 0 saturated carbocycles. The molecule has 0 aliphatic heterocycles. The number of hydrogen-bond donors (Lipinski definition) is 2. The fraction of sp³-hybridized carbons (Fsp3) is 0.0870. The molecule has 8 nitrogen and oxygen atoms in total. The van der Waals surface area contributed by atoms with E-state index in [-0.39, 0.29) is 11.5 Å². The number of amides is 1. The minimum atomic E-state index is -0.255. The van der Waals surface area contributed by atoms with E-state index in [9.17, 15) is 9.59 Å². The van der Waals surface area contributed by atoms with Crippen molar-refractivity contribution in [1.29, 1.82) is 0 Å². The quantitative estimate of drug-likeness (QED) is 0.474. The van der Waals surface area contributed by atoms with Gasteiger partial charge in [0, 0.05) is 47.5 Å². The maximum atomic E-state index is 12.8. The van der Waals surface area contributed by atoms with E-state index >= 15 is 0 Å². The first-order chi connectivity index (χ1) is 15.0. The van der Waals surface area contributed by atoms with Crippen LogP contribution in [0.1, 0.15) is 15.9 Å². The Morgan fingerprint density at radius 1 is 1.10 bits per heavy atom. The van der Waals surface area contributed by atoms with E-state index in [2.05, 4.69) is 25.5 Å². The largest absolute Gasteiger partial charge is 0.316 e. The lowest BCUT2D eigenvalue weighted by Gasteiger charge is -2.11. The summed E-state index contributed by atoms with van der Waals surface area (Å²) in [6.07, 6.45) is 6.80. The van der Waals surface area contributed by atoms with Gasteiger partial charge in [-0.2, -0.15) is 5.10 Å². The average Bonchev–Trinajstić information content (AvgIpc) is 3.27. The van der Waals surface area contributed by atoms with Crippen LogP contribution in [-0.2, 0) is 7.05 Å². The van der Waals surface area contributed by atoms with Gasteiger partial charge in [-0.15, -0.1) is 0 Å². The van der Waals surface area contributed by atoms with Crippen LogP contribution in [0.3, 0.4) is 0 Å². The van der Waals surface area contributed by atoms with Crippen LogP contribution < -0.4 is 10.9 Å². The van der Waals surface area contributed by atoms with Crippen molar-refractivity contribution in [3.8, 4) is 11.3 Å². The molecule has 0 aliphatic carbocycles. The Labute approximate surface area is 176 Å². The van der Waals surface area contributed by atoms with Crippen molar-refractivity contribution < 1.29 is 4.79 Å². The molecular formula is C23H18N6O2. The third kappa shape index (κ3) is 3.24. The highest BCUT2D eigenvalue weighted by Crippen LogP contribution is 2.28. The van der Waals surface area contributed by atoms with Crippen LogP contribution in [0.5, 0.6) is 0 Å². The third-order valence-corrected chi connectivity index (χ3v) is 5.28. The number of pyridine rings is 3. The number of anilines is 1. The van der Waals surface area contributed by atoms with Gasteiger partial charge in [-0.25, -0.2) is 4.98 Å². The van der Waals surface area contributed by atoms with Gasteiger partial charge >= 0.3 is 0 Å². The van der Waals surface area contributed by atoms with Gasteiger partial charge < -0.3 is 9.88 Å². The van der Waals surface area contributed by atoms with Crippen LogP contribution >= 0.6 is 0 Å². The van der Waals surface area contributed by atoms with Crippen LogP contribution in [0, 0.1) is 6.92 Å². The first-order valence-electron chi connectivity index (χ1n) is 9.67. The third-order valence-electron chi connectivity index (χ3n) is 5.28. The highest BCUT2D eigenvalue weighted by molar-refractivity contribution is 6.06. The molecule has 0 radical (unpaired) electrons. The Bertz CT molecular complexity index is 1530. The number of carbonyl (C=O) groups is 1. The van der Waals surface area contributed by atoms with Crippen molar-refractivity contribution in [1.82, 2.24) is 24.7 Å². The number of aromatic amines is 1. The maximum absolute atomic E-state index is 12.8. The van der Waals surface area contributed by atoms with E-state index in [0.717, 1.165) is 21.9 Å². The zero-order valence-corrected chi connectivity index (χ0v) is 16.9. The summed E-state index contributed by atoms with van der Waals surface area (Å²) in [7, 11) is 1.68. The van der Waals surface area contributed by atoms with E-state index in [1.807, 2.05) is 31.2 Å². The summed E-state index contributed by atoms with van der Waals surface area (Å²) in [5.41, 5.74) is 3.13. The summed E-state index contributed by atoms with van der Waals surface area (Å²) in [5.74, 6) is 0.167. The number of benzene rings is 1. The Balaban J connectivity index is 1.53. The number of aromatic nitrogens is 5. The van der Waals surface area contributed by atoms with Gasteiger partial charge in [0.2, 0.25) is 0 Å². The Kier molecular flexibility index (Phi) is 4.32. The summed E-state index contributed by atoms with van der Waals surface area (Å²) in [6.45, 7) is 1.93. The molecule has 4 heterocycles. The molecule has 4 aromatic heterocycles. The number of fused-ring (bicyclic) bond motifs is 2. The first-order valence-corrected chi connectivity index (χ1v) is 9.67. The minimum Gasteiger partial charge on any atom is -0.316 e. The van der Waals surface area contributed by atoms with Gasteiger partial charge in [-0.1, -0.05) is 12.1 Å². The summed E-state index contributed by atoms with van der Waals surface area (Å²) in [6, 6.07) is 11.0. The van der Waals surface area contributed by atoms with Crippen LogP contribution in [0.4, 0.5) is 5.82 Å². The maximum Gasteiger partial charge on any atom is 0.276 e. The molecular weight excluding hydrogens is 392 g/mol. The highest BCUT2D eigenvalue weighted by Gasteiger charge is 2.15. The fourth-order valence-electron chi connectivity index (χ4n) is 3.62. The molecule has 0 unspecified atom stereocenters. The zero-order valence-electron chi connectivity index (χ0n) is 16.9. The van der Waals surface area contributed by atoms with Crippen LogP contribution in [-0.4, -0.2) is 30.6 Å².